The minimum Gasteiger partial charge on any atom is -0.380 e. The van der Waals surface area contributed by atoms with Gasteiger partial charge in [0.1, 0.15) is 5.54 Å². The Bertz CT molecular complexity index is 411. The normalized spacial score (nSPS) is 14.2. The number of hydrogen-bond donors (Lipinski definition) is 2. The molecule has 5 heteroatoms. The fourth-order valence-electron chi connectivity index (χ4n) is 1.99. The summed E-state index contributed by atoms with van der Waals surface area (Å²) in [5, 5.41) is 0. The molecule has 1 aromatic carbocycles. The van der Waals surface area contributed by atoms with E-state index in [-0.39, 0.29) is 0 Å². The molecule has 0 heterocycles. The van der Waals surface area contributed by atoms with Gasteiger partial charge < -0.3 is 21.1 Å². The zero-order valence-corrected chi connectivity index (χ0v) is 12.3. The number of ether oxygens (including phenoxy) is 1. The SMILES string of the molecule is CCOCCN(C)CCC(N)(C(N)=O)c1ccccc1. The van der Waals surface area contributed by atoms with Gasteiger partial charge in [0, 0.05) is 19.7 Å². The third-order valence-corrected chi connectivity index (χ3v) is 3.44. The van der Waals surface area contributed by atoms with Crippen molar-refractivity contribution in [2.75, 3.05) is 33.4 Å². The van der Waals surface area contributed by atoms with Gasteiger partial charge in [-0.25, -0.2) is 0 Å². The number of primary amides is 1. The van der Waals surface area contributed by atoms with Crippen LogP contribution >= 0.6 is 0 Å². The molecule has 112 valence electrons. The molecule has 5 nitrogen and oxygen atoms in total. The van der Waals surface area contributed by atoms with E-state index in [2.05, 4.69) is 4.90 Å². The van der Waals surface area contributed by atoms with Crippen molar-refractivity contribution >= 4 is 5.91 Å². The highest BCUT2D eigenvalue weighted by Crippen LogP contribution is 2.22. The van der Waals surface area contributed by atoms with Gasteiger partial charge in [-0.2, -0.15) is 0 Å². The Morgan fingerprint density at radius 2 is 1.95 bits per heavy atom. The van der Waals surface area contributed by atoms with Crippen LogP contribution in [0.25, 0.3) is 0 Å². The van der Waals surface area contributed by atoms with Gasteiger partial charge in [-0.1, -0.05) is 30.3 Å². The summed E-state index contributed by atoms with van der Waals surface area (Å²) in [5.74, 6) is -0.498. The van der Waals surface area contributed by atoms with Gasteiger partial charge in [0.05, 0.1) is 6.61 Å². The van der Waals surface area contributed by atoms with Crippen molar-refractivity contribution in [3.63, 3.8) is 0 Å². The molecule has 0 aromatic heterocycles. The number of amides is 1. The number of hydrogen-bond acceptors (Lipinski definition) is 4. The van der Waals surface area contributed by atoms with Gasteiger partial charge in [0.2, 0.25) is 5.91 Å². The Hall–Kier alpha value is -1.43. The van der Waals surface area contributed by atoms with Crippen LogP contribution in [0.2, 0.25) is 0 Å². The minimum atomic E-state index is -1.12. The zero-order chi connectivity index (χ0) is 15.0. The van der Waals surface area contributed by atoms with Crippen LogP contribution in [0, 0.1) is 0 Å². The summed E-state index contributed by atoms with van der Waals surface area (Å²) in [7, 11) is 1.98. The maximum Gasteiger partial charge on any atom is 0.242 e. The lowest BCUT2D eigenvalue weighted by molar-refractivity contribution is -0.123. The topological polar surface area (TPSA) is 81.6 Å². The van der Waals surface area contributed by atoms with Crippen molar-refractivity contribution < 1.29 is 9.53 Å². The van der Waals surface area contributed by atoms with Gasteiger partial charge in [0.15, 0.2) is 0 Å². The van der Waals surface area contributed by atoms with Crippen LogP contribution in [0.3, 0.4) is 0 Å². The molecule has 1 aromatic rings. The Morgan fingerprint density at radius 1 is 1.30 bits per heavy atom. The largest absolute Gasteiger partial charge is 0.380 e. The second kappa shape index (κ2) is 7.99. The third-order valence-electron chi connectivity index (χ3n) is 3.44. The van der Waals surface area contributed by atoms with Crippen molar-refractivity contribution in [1.29, 1.82) is 0 Å². The summed E-state index contributed by atoms with van der Waals surface area (Å²) < 4.78 is 5.30. The molecule has 1 atom stereocenters. The number of carbonyl (C=O) groups excluding carboxylic acids is 1. The molecule has 1 unspecified atom stereocenters. The maximum absolute atomic E-state index is 11.7. The van der Waals surface area contributed by atoms with E-state index < -0.39 is 11.4 Å². The molecule has 0 aliphatic rings. The van der Waals surface area contributed by atoms with Crippen LogP contribution in [-0.2, 0) is 15.1 Å². The van der Waals surface area contributed by atoms with E-state index in [4.69, 9.17) is 16.2 Å². The number of carbonyl (C=O) groups is 1. The summed E-state index contributed by atoms with van der Waals surface area (Å²) in [5.41, 5.74) is 11.4. The zero-order valence-electron chi connectivity index (χ0n) is 12.3. The second-order valence-corrected chi connectivity index (χ2v) is 4.95. The lowest BCUT2D eigenvalue weighted by atomic mass is 9.87. The molecule has 0 saturated carbocycles. The Kier molecular flexibility index (Phi) is 6.64. The summed E-state index contributed by atoms with van der Waals surface area (Å²) >= 11 is 0. The first-order chi connectivity index (χ1) is 9.50. The lowest BCUT2D eigenvalue weighted by Crippen LogP contribution is -2.50. The van der Waals surface area contributed by atoms with E-state index in [1.807, 2.05) is 44.3 Å². The average molecular weight is 279 g/mol. The first-order valence-electron chi connectivity index (χ1n) is 6.91. The molecule has 0 fully saturated rings. The fourth-order valence-corrected chi connectivity index (χ4v) is 1.99. The van der Waals surface area contributed by atoms with E-state index in [1.165, 1.54) is 0 Å². The van der Waals surface area contributed by atoms with Crippen LogP contribution in [-0.4, -0.2) is 44.2 Å². The third kappa shape index (κ3) is 4.59. The van der Waals surface area contributed by atoms with Crippen LogP contribution < -0.4 is 11.5 Å². The van der Waals surface area contributed by atoms with Crippen molar-refractivity contribution in [2.24, 2.45) is 11.5 Å². The van der Waals surface area contributed by atoms with Gasteiger partial charge in [0.25, 0.3) is 0 Å². The van der Waals surface area contributed by atoms with E-state index in [1.54, 1.807) is 0 Å². The first kappa shape index (κ1) is 16.6. The van der Waals surface area contributed by atoms with Crippen molar-refractivity contribution in [3.05, 3.63) is 35.9 Å². The first-order valence-corrected chi connectivity index (χ1v) is 6.91. The predicted molar refractivity (Wildman–Crippen MR) is 80.1 cm³/mol. The molecule has 0 radical (unpaired) electrons. The van der Waals surface area contributed by atoms with E-state index in [0.717, 1.165) is 12.1 Å². The van der Waals surface area contributed by atoms with Gasteiger partial charge >= 0.3 is 0 Å². The Morgan fingerprint density at radius 3 is 2.50 bits per heavy atom. The highest BCUT2D eigenvalue weighted by atomic mass is 16.5. The number of rotatable bonds is 9. The number of benzene rings is 1. The summed E-state index contributed by atoms with van der Waals surface area (Å²) in [6, 6.07) is 9.28. The molecule has 1 rings (SSSR count). The summed E-state index contributed by atoms with van der Waals surface area (Å²) in [6.45, 7) is 4.83. The molecule has 0 aliphatic carbocycles. The predicted octanol–water partition coefficient (Wildman–Crippen LogP) is 0.684. The Labute approximate surface area is 120 Å². The van der Waals surface area contributed by atoms with Gasteiger partial charge in [-0.15, -0.1) is 0 Å². The molecule has 0 aliphatic heterocycles. The smallest absolute Gasteiger partial charge is 0.242 e. The number of nitrogens with zero attached hydrogens (tertiary/aromatic N) is 1. The van der Waals surface area contributed by atoms with E-state index >= 15 is 0 Å². The van der Waals surface area contributed by atoms with Crippen LogP contribution in [0.15, 0.2) is 30.3 Å². The maximum atomic E-state index is 11.7. The molecule has 20 heavy (non-hydrogen) atoms. The van der Waals surface area contributed by atoms with Crippen molar-refractivity contribution in [3.8, 4) is 0 Å². The van der Waals surface area contributed by atoms with Crippen molar-refractivity contribution in [1.82, 2.24) is 4.90 Å². The van der Waals surface area contributed by atoms with E-state index in [9.17, 15) is 4.79 Å². The minimum absolute atomic E-state index is 0.481. The van der Waals surface area contributed by atoms with Crippen LogP contribution in [0.4, 0.5) is 0 Å². The quantitative estimate of drug-likeness (QED) is 0.651. The molecule has 0 saturated heterocycles. The summed E-state index contributed by atoms with van der Waals surface area (Å²) in [4.78, 5) is 13.8. The van der Waals surface area contributed by atoms with Crippen LogP contribution in [0.1, 0.15) is 18.9 Å². The van der Waals surface area contributed by atoms with Gasteiger partial charge in [-0.3, -0.25) is 4.79 Å². The summed E-state index contributed by atoms with van der Waals surface area (Å²) in [6.07, 6.45) is 0.481. The number of likely N-dealkylation sites (N-methyl/N-ethyl adjacent to an activating group) is 1. The van der Waals surface area contributed by atoms with E-state index in [0.29, 0.717) is 26.2 Å². The van der Waals surface area contributed by atoms with Crippen molar-refractivity contribution in [2.45, 2.75) is 18.9 Å². The monoisotopic (exact) mass is 279 g/mol. The molecular formula is C15H25N3O2. The highest BCUT2D eigenvalue weighted by Gasteiger charge is 2.33. The molecule has 0 spiro atoms. The van der Waals surface area contributed by atoms with Crippen LogP contribution in [0.5, 0.6) is 0 Å². The molecule has 0 bridgehead atoms. The van der Waals surface area contributed by atoms with Gasteiger partial charge in [-0.05, 0) is 26.0 Å². The lowest BCUT2D eigenvalue weighted by Gasteiger charge is -2.29. The second-order valence-electron chi connectivity index (χ2n) is 4.95. The molecule has 1 amide bonds. The highest BCUT2D eigenvalue weighted by molar-refractivity contribution is 5.85. The fraction of sp³-hybridized carbons (Fsp3) is 0.533. The average Bonchev–Trinajstić information content (AvgIpc) is 2.45. The Balaban J connectivity index is 2.62. The number of nitrogens with two attached hydrogens (primary N) is 2. The standard InChI is InChI=1S/C15H25N3O2/c1-3-20-12-11-18(2)10-9-15(17,14(16)19)13-7-5-4-6-8-13/h4-8H,3,9-12,17H2,1-2H3,(H2,16,19). The molecule has 4 N–H and O–H groups in total. The molecular weight excluding hydrogens is 254 g/mol.